The minimum Gasteiger partial charge on any atom is -0.314 e. The molecule has 0 aromatic heterocycles. The fourth-order valence-electron chi connectivity index (χ4n) is 1.39. The quantitative estimate of drug-likeness (QED) is 0.624. The van der Waals surface area contributed by atoms with Gasteiger partial charge in [0.15, 0.2) is 0 Å². The molecule has 1 rings (SSSR count). The Morgan fingerprint density at radius 1 is 1.41 bits per heavy atom. The molecule has 0 aliphatic heterocycles. The van der Waals surface area contributed by atoms with Crippen molar-refractivity contribution in [1.29, 1.82) is 5.26 Å². The summed E-state index contributed by atoms with van der Waals surface area (Å²) in [6.07, 6.45) is 2.51. The molecule has 2 nitrogen and oxygen atoms in total. The van der Waals surface area contributed by atoms with E-state index in [1.165, 1.54) is 17.8 Å². The first kappa shape index (κ1) is 14.0. The average molecular weight is 252 g/mol. The van der Waals surface area contributed by atoms with Crippen LogP contribution in [0.25, 0.3) is 0 Å². The lowest BCUT2D eigenvalue weighted by atomic mass is 9.99. The number of unbranched alkanes of at least 4 members (excludes halogenated alkanes) is 1. The third-order valence-electron chi connectivity index (χ3n) is 2.44. The number of nitrogens with two attached hydrogens (primary N) is 1. The third-order valence-corrected chi connectivity index (χ3v) is 3.57. The molecule has 0 aliphatic carbocycles. The van der Waals surface area contributed by atoms with Crippen LogP contribution in [-0.4, -0.2) is 11.3 Å². The monoisotopic (exact) mass is 252 g/mol. The van der Waals surface area contributed by atoms with Gasteiger partial charge in [-0.2, -0.15) is 5.26 Å². The molecule has 1 atom stereocenters. The highest BCUT2D eigenvalue weighted by Crippen LogP contribution is 2.23. The van der Waals surface area contributed by atoms with Crippen LogP contribution < -0.4 is 5.73 Å². The van der Waals surface area contributed by atoms with Gasteiger partial charge in [0, 0.05) is 4.90 Å². The van der Waals surface area contributed by atoms with E-state index in [4.69, 9.17) is 11.0 Å². The summed E-state index contributed by atoms with van der Waals surface area (Å²) in [5, 5.41) is 8.74. The van der Waals surface area contributed by atoms with Gasteiger partial charge < -0.3 is 5.73 Å². The lowest BCUT2D eigenvalue weighted by Crippen LogP contribution is -2.33. The van der Waals surface area contributed by atoms with Crippen LogP contribution in [-0.2, 0) is 0 Å². The number of hydrogen-bond donors (Lipinski definition) is 1. The molecule has 0 heterocycles. The van der Waals surface area contributed by atoms with Crippen LogP contribution >= 0.6 is 11.8 Å². The highest BCUT2D eigenvalue weighted by molar-refractivity contribution is 7.99. The second-order valence-electron chi connectivity index (χ2n) is 4.27. The Balaban J connectivity index is 2.22. The van der Waals surface area contributed by atoms with E-state index in [9.17, 15) is 4.39 Å². The Kier molecular flexibility index (Phi) is 5.46. The van der Waals surface area contributed by atoms with Crippen LogP contribution in [0, 0.1) is 17.1 Å². The van der Waals surface area contributed by atoms with E-state index in [0.717, 1.165) is 18.6 Å². The number of benzene rings is 1. The fourth-order valence-corrected chi connectivity index (χ4v) is 2.34. The zero-order chi connectivity index (χ0) is 12.7. The van der Waals surface area contributed by atoms with Crippen molar-refractivity contribution in [2.75, 3.05) is 5.75 Å². The van der Waals surface area contributed by atoms with Crippen molar-refractivity contribution in [2.45, 2.75) is 36.6 Å². The van der Waals surface area contributed by atoms with Crippen molar-refractivity contribution < 1.29 is 4.39 Å². The van der Waals surface area contributed by atoms with Crippen LogP contribution in [0.4, 0.5) is 4.39 Å². The molecule has 1 aromatic rings. The van der Waals surface area contributed by atoms with Gasteiger partial charge in [-0.05, 0) is 44.1 Å². The molecule has 0 aliphatic rings. The summed E-state index contributed by atoms with van der Waals surface area (Å²) in [6.45, 7) is 1.73. The zero-order valence-electron chi connectivity index (χ0n) is 9.95. The van der Waals surface area contributed by atoms with E-state index in [-0.39, 0.29) is 5.82 Å². The van der Waals surface area contributed by atoms with E-state index in [2.05, 4.69) is 6.07 Å². The Hall–Kier alpha value is -1.05. The second kappa shape index (κ2) is 6.63. The Bertz CT molecular complexity index is 399. The maximum atomic E-state index is 13.3. The Labute approximate surface area is 106 Å². The van der Waals surface area contributed by atoms with Crippen molar-refractivity contribution in [3.05, 3.63) is 30.1 Å². The van der Waals surface area contributed by atoms with Gasteiger partial charge in [0.2, 0.25) is 0 Å². The highest BCUT2D eigenvalue weighted by atomic mass is 32.2. The number of hydrogen-bond acceptors (Lipinski definition) is 3. The molecule has 1 aromatic carbocycles. The summed E-state index contributed by atoms with van der Waals surface area (Å²) in [6, 6.07) is 8.84. The third kappa shape index (κ3) is 5.20. The van der Waals surface area contributed by atoms with Gasteiger partial charge in [-0.25, -0.2) is 4.39 Å². The van der Waals surface area contributed by atoms with Crippen LogP contribution in [0.5, 0.6) is 0 Å². The maximum absolute atomic E-state index is 13.3. The average Bonchev–Trinajstić information content (AvgIpc) is 2.31. The predicted molar refractivity (Wildman–Crippen MR) is 69.2 cm³/mol. The molecule has 0 saturated carbocycles. The standard InChI is InChI=1S/C13H17FN2S/c1-13(16,10-15)8-4-5-9-17-12-7-3-2-6-11(12)14/h2-3,6-7H,4-5,8-9,16H2,1H3. The highest BCUT2D eigenvalue weighted by Gasteiger charge is 2.15. The van der Waals surface area contributed by atoms with Gasteiger partial charge in [0.05, 0.1) is 6.07 Å². The summed E-state index contributed by atoms with van der Waals surface area (Å²) in [5.41, 5.74) is 4.97. The molecule has 0 amide bonds. The SMILES string of the molecule is CC(N)(C#N)CCCCSc1ccccc1F. The van der Waals surface area contributed by atoms with Gasteiger partial charge in [0.1, 0.15) is 11.4 Å². The number of halogens is 1. The molecule has 0 fully saturated rings. The molecule has 17 heavy (non-hydrogen) atoms. The molecule has 0 spiro atoms. The summed E-state index contributed by atoms with van der Waals surface area (Å²) in [5.74, 6) is 0.681. The van der Waals surface area contributed by atoms with E-state index >= 15 is 0 Å². The van der Waals surface area contributed by atoms with Crippen LogP contribution in [0.2, 0.25) is 0 Å². The molecule has 4 heteroatoms. The summed E-state index contributed by atoms with van der Waals surface area (Å²) < 4.78 is 13.3. The minimum atomic E-state index is -0.733. The van der Waals surface area contributed by atoms with E-state index in [1.807, 2.05) is 6.07 Å². The van der Waals surface area contributed by atoms with Crippen LogP contribution in [0.15, 0.2) is 29.2 Å². The number of nitrogens with zero attached hydrogens (tertiary/aromatic N) is 1. The van der Waals surface area contributed by atoms with Gasteiger partial charge in [-0.1, -0.05) is 12.1 Å². The molecule has 1 unspecified atom stereocenters. The summed E-state index contributed by atoms with van der Waals surface area (Å²) in [4.78, 5) is 0.684. The Morgan fingerprint density at radius 3 is 2.76 bits per heavy atom. The molecule has 92 valence electrons. The van der Waals surface area contributed by atoms with Crippen molar-refractivity contribution >= 4 is 11.8 Å². The zero-order valence-corrected chi connectivity index (χ0v) is 10.8. The molecular formula is C13H17FN2S. The lowest BCUT2D eigenvalue weighted by Gasteiger charge is -2.14. The van der Waals surface area contributed by atoms with E-state index in [0.29, 0.717) is 11.3 Å². The van der Waals surface area contributed by atoms with Gasteiger partial charge >= 0.3 is 0 Å². The van der Waals surface area contributed by atoms with Crippen LogP contribution in [0.1, 0.15) is 26.2 Å². The van der Waals surface area contributed by atoms with Crippen molar-refractivity contribution in [3.8, 4) is 6.07 Å². The van der Waals surface area contributed by atoms with Crippen molar-refractivity contribution in [2.24, 2.45) is 5.73 Å². The summed E-state index contributed by atoms with van der Waals surface area (Å²) >= 11 is 1.51. The normalized spacial score (nSPS) is 14.0. The molecule has 2 N–H and O–H groups in total. The minimum absolute atomic E-state index is 0.168. The van der Waals surface area contributed by atoms with Gasteiger partial charge in [-0.3, -0.25) is 0 Å². The first-order chi connectivity index (χ1) is 8.05. The summed E-state index contributed by atoms with van der Waals surface area (Å²) in [7, 11) is 0. The maximum Gasteiger partial charge on any atom is 0.136 e. The van der Waals surface area contributed by atoms with E-state index < -0.39 is 5.54 Å². The second-order valence-corrected chi connectivity index (χ2v) is 5.40. The number of thioether (sulfide) groups is 1. The predicted octanol–water partition coefficient (Wildman–Crippen LogP) is 3.33. The number of rotatable bonds is 6. The smallest absolute Gasteiger partial charge is 0.136 e. The van der Waals surface area contributed by atoms with Crippen molar-refractivity contribution in [3.63, 3.8) is 0 Å². The molecule has 0 saturated heterocycles. The van der Waals surface area contributed by atoms with Gasteiger partial charge in [0.25, 0.3) is 0 Å². The Morgan fingerprint density at radius 2 is 2.12 bits per heavy atom. The first-order valence-electron chi connectivity index (χ1n) is 5.62. The lowest BCUT2D eigenvalue weighted by molar-refractivity contribution is 0.518. The molecule has 0 radical (unpaired) electrons. The molecular weight excluding hydrogens is 235 g/mol. The topological polar surface area (TPSA) is 49.8 Å². The molecule has 0 bridgehead atoms. The largest absolute Gasteiger partial charge is 0.314 e. The van der Waals surface area contributed by atoms with E-state index in [1.54, 1.807) is 19.1 Å². The van der Waals surface area contributed by atoms with Gasteiger partial charge in [-0.15, -0.1) is 11.8 Å². The number of nitriles is 1. The van der Waals surface area contributed by atoms with Crippen LogP contribution in [0.3, 0.4) is 0 Å². The first-order valence-corrected chi connectivity index (χ1v) is 6.61. The van der Waals surface area contributed by atoms with Crippen molar-refractivity contribution in [1.82, 2.24) is 0 Å². The fraction of sp³-hybridized carbons (Fsp3) is 0.462.